The zero-order chi connectivity index (χ0) is 13.8. The highest BCUT2D eigenvalue weighted by molar-refractivity contribution is 5.97. The van der Waals surface area contributed by atoms with E-state index in [1.807, 2.05) is 0 Å². The normalized spacial score (nSPS) is 10.2. The molecule has 1 aromatic carbocycles. The average molecular weight is 260 g/mol. The number of hydrogen-bond donors (Lipinski definition) is 0. The van der Waals surface area contributed by atoms with Crippen LogP contribution in [-0.2, 0) is 6.42 Å². The molecule has 0 aliphatic carbocycles. The minimum Gasteiger partial charge on any atom is -0.294 e. The molecule has 0 saturated carbocycles. The van der Waals surface area contributed by atoms with Crippen LogP contribution in [0.5, 0.6) is 0 Å². The van der Waals surface area contributed by atoms with Crippen molar-refractivity contribution >= 4 is 11.5 Å². The number of carbonyl (C=O) groups is 1. The van der Waals surface area contributed by atoms with Crippen molar-refractivity contribution < 1.29 is 14.1 Å². The highest BCUT2D eigenvalue weighted by Crippen LogP contribution is 2.17. The first-order valence-corrected chi connectivity index (χ1v) is 5.44. The van der Waals surface area contributed by atoms with E-state index >= 15 is 0 Å². The Balaban J connectivity index is 2.26. The number of non-ortho nitro benzene ring substituents is 1. The summed E-state index contributed by atoms with van der Waals surface area (Å²) in [6.07, 6.45) is 1.51. The first-order valence-electron chi connectivity index (χ1n) is 5.44. The zero-order valence-corrected chi connectivity index (χ0v) is 9.75. The van der Waals surface area contributed by atoms with Crippen molar-refractivity contribution in [3.63, 3.8) is 0 Å². The number of carbonyl (C=O) groups excluding carboxylic acids is 1. The van der Waals surface area contributed by atoms with Gasteiger partial charge in [0, 0.05) is 23.5 Å². The minimum atomic E-state index is -0.807. The van der Waals surface area contributed by atoms with E-state index in [0.29, 0.717) is 5.69 Å². The molecule has 0 saturated heterocycles. The molecule has 6 heteroatoms. The molecule has 0 spiro atoms. The predicted octanol–water partition coefficient (Wildman–Crippen LogP) is 2.55. The lowest BCUT2D eigenvalue weighted by atomic mass is 10.1. The summed E-state index contributed by atoms with van der Waals surface area (Å²) in [4.78, 5) is 25.8. The maximum atomic E-state index is 13.2. The first-order chi connectivity index (χ1) is 9.06. The molecule has 0 amide bonds. The summed E-state index contributed by atoms with van der Waals surface area (Å²) in [5.41, 5.74) is 0.0566. The molecule has 2 aromatic rings. The molecule has 96 valence electrons. The molecule has 0 bridgehead atoms. The Kier molecular flexibility index (Phi) is 3.61. The third-order valence-electron chi connectivity index (χ3n) is 2.48. The summed E-state index contributed by atoms with van der Waals surface area (Å²) in [6, 6.07) is 7.92. The van der Waals surface area contributed by atoms with Crippen molar-refractivity contribution in [3.8, 4) is 0 Å². The van der Waals surface area contributed by atoms with Crippen molar-refractivity contribution in [2.75, 3.05) is 0 Å². The van der Waals surface area contributed by atoms with Crippen molar-refractivity contribution in [1.82, 2.24) is 4.98 Å². The van der Waals surface area contributed by atoms with Gasteiger partial charge in [0.15, 0.2) is 5.78 Å². The SMILES string of the molecule is O=C(Cc1ccccn1)c1cc(F)cc([N+](=O)[O-])c1. The van der Waals surface area contributed by atoms with Crippen LogP contribution in [0.4, 0.5) is 10.1 Å². The molecule has 5 nitrogen and oxygen atoms in total. The van der Waals surface area contributed by atoms with E-state index in [2.05, 4.69) is 4.98 Å². The second-order valence-corrected chi connectivity index (χ2v) is 3.88. The fourth-order valence-electron chi connectivity index (χ4n) is 1.61. The second kappa shape index (κ2) is 5.34. The Morgan fingerprint density at radius 1 is 1.32 bits per heavy atom. The third kappa shape index (κ3) is 3.19. The van der Waals surface area contributed by atoms with E-state index in [0.717, 1.165) is 18.2 Å². The summed E-state index contributed by atoms with van der Waals surface area (Å²) in [5, 5.41) is 10.6. The van der Waals surface area contributed by atoms with E-state index in [1.54, 1.807) is 18.2 Å². The number of nitro groups is 1. The standard InChI is InChI=1S/C13H9FN2O3/c14-10-5-9(6-12(7-10)16(18)19)13(17)8-11-3-1-2-4-15-11/h1-7H,8H2. The molecule has 0 unspecified atom stereocenters. The maximum absolute atomic E-state index is 13.2. The number of nitro benzene ring substituents is 1. The van der Waals surface area contributed by atoms with Gasteiger partial charge in [-0.2, -0.15) is 0 Å². The molecule has 0 fully saturated rings. The van der Waals surface area contributed by atoms with E-state index in [-0.39, 0.29) is 12.0 Å². The molecule has 0 aliphatic rings. The van der Waals surface area contributed by atoms with Gasteiger partial charge in [0.2, 0.25) is 0 Å². The van der Waals surface area contributed by atoms with Crippen molar-refractivity contribution in [2.45, 2.75) is 6.42 Å². The number of ketones is 1. The predicted molar refractivity (Wildman–Crippen MR) is 65.3 cm³/mol. The first kappa shape index (κ1) is 12.8. The Bertz CT molecular complexity index is 629. The highest BCUT2D eigenvalue weighted by atomic mass is 19.1. The number of halogens is 1. The summed E-state index contributed by atoms with van der Waals surface area (Å²) >= 11 is 0. The summed E-state index contributed by atoms with van der Waals surface area (Å²) in [6.45, 7) is 0. The van der Waals surface area contributed by atoms with Gasteiger partial charge >= 0.3 is 0 Å². The van der Waals surface area contributed by atoms with Crippen molar-refractivity contribution in [1.29, 1.82) is 0 Å². The third-order valence-corrected chi connectivity index (χ3v) is 2.48. The number of hydrogen-bond acceptors (Lipinski definition) is 4. The van der Waals surface area contributed by atoms with Crippen LogP contribution in [0.15, 0.2) is 42.6 Å². The van der Waals surface area contributed by atoms with Gasteiger partial charge in [-0.3, -0.25) is 19.9 Å². The molecule has 0 N–H and O–H groups in total. The number of nitrogens with zero attached hydrogens (tertiary/aromatic N) is 2. The smallest absolute Gasteiger partial charge is 0.273 e. The van der Waals surface area contributed by atoms with Gasteiger partial charge in [-0.25, -0.2) is 4.39 Å². The van der Waals surface area contributed by atoms with Gasteiger partial charge in [0.05, 0.1) is 17.4 Å². The minimum absolute atomic E-state index is 0.0263. The van der Waals surface area contributed by atoms with Gasteiger partial charge in [-0.05, 0) is 18.2 Å². The monoisotopic (exact) mass is 260 g/mol. The Morgan fingerprint density at radius 3 is 2.74 bits per heavy atom. The fourth-order valence-corrected chi connectivity index (χ4v) is 1.61. The Morgan fingerprint density at radius 2 is 2.11 bits per heavy atom. The van der Waals surface area contributed by atoms with Crippen LogP contribution in [0, 0.1) is 15.9 Å². The summed E-state index contributed by atoms with van der Waals surface area (Å²) in [7, 11) is 0. The molecule has 1 heterocycles. The molecule has 19 heavy (non-hydrogen) atoms. The van der Waals surface area contributed by atoms with Crippen molar-refractivity contribution in [3.05, 3.63) is 69.8 Å². The van der Waals surface area contributed by atoms with Gasteiger partial charge in [0.25, 0.3) is 5.69 Å². The van der Waals surface area contributed by atoms with Gasteiger partial charge in [-0.15, -0.1) is 0 Å². The van der Waals surface area contributed by atoms with E-state index < -0.39 is 22.2 Å². The van der Waals surface area contributed by atoms with Crippen LogP contribution in [0.1, 0.15) is 16.1 Å². The molecule has 0 radical (unpaired) electrons. The number of aromatic nitrogens is 1. The van der Waals surface area contributed by atoms with Crippen LogP contribution in [0.2, 0.25) is 0 Å². The number of pyridine rings is 1. The quantitative estimate of drug-likeness (QED) is 0.481. The van der Waals surface area contributed by atoms with Gasteiger partial charge < -0.3 is 0 Å². The Hall–Kier alpha value is -2.63. The van der Waals surface area contributed by atoms with Crippen LogP contribution < -0.4 is 0 Å². The zero-order valence-electron chi connectivity index (χ0n) is 9.75. The van der Waals surface area contributed by atoms with Crippen LogP contribution in [0.25, 0.3) is 0 Å². The topological polar surface area (TPSA) is 73.1 Å². The number of Topliss-reactive ketones (excluding diaryl/α,β-unsaturated/α-hetero) is 1. The molecule has 1 aromatic heterocycles. The fraction of sp³-hybridized carbons (Fsp3) is 0.0769. The molecular formula is C13H9FN2O3. The van der Waals surface area contributed by atoms with Crippen LogP contribution in [-0.4, -0.2) is 15.7 Å². The summed E-state index contributed by atoms with van der Waals surface area (Å²) in [5.74, 6) is -1.22. The lowest BCUT2D eigenvalue weighted by Crippen LogP contribution is -2.06. The van der Waals surface area contributed by atoms with E-state index in [4.69, 9.17) is 0 Å². The van der Waals surface area contributed by atoms with E-state index in [9.17, 15) is 19.3 Å². The van der Waals surface area contributed by atoms with Gasteiger partial charge in [0.1, 0.15) is 5.82 Å². The van der Waals surface area contributed by atoms with Crippen LogP contribution >= 0.6 is 0 Å². The van der Waals surface area contributed by atoms with Crippen molar-refractivity contribution in [2.24, 2.45) is 0 Å². The summed E-state index contributed by atoms with van der Waals surface area (Å²) < 4.78 is 13.2. The highest BCUT2D eigenvalue weighted by Gasteiger charge is 2.15. The number of rotatable bonds is 4. The molecule has 2 rings (SSSR count). The largest absolute Gasteiger partial charge is 0.294 e. The second-order valence-electron chi connectivity index (χ2n) is 3.88. The lowest BCUT2D eigenvalue weighted by Gasteiger charge is -2.01. The molecular weight excluding hydrogens is 251 g/mol. The van der Waals surface area contributed by atoms with Crippen LogP contribution in [0.3, 0.4) is 0 Å². The lowest BCUT2D eigenvalue weighted by molar-refractivity contribution is -0.385. The number of benzene rings is 1. The Labute approximate surface area is 107 Å². The van der Waals surface area contributed by atoms with Gasteiger partial charge in [-0.1, -0.05) is 6.07 Å². The molecule has 0 aliphatic heterocycles. The van der Waals surface area contributed by atoms with E-state index in [1.165, 1.54) is 6.20 Å². The average Bonchev–Trinajstić information content (AvgIpc) is 2.39. The maximum Gasteiger partial charge on any atom is 0.273 e. The molecule has 0 atom stereocenters.